The third-order valence-corrected chi connectivity index (χ3v) is 9.20. The first-order valence-electron chi connectivity index (χ1n) is 16.6. The molecule has 0 fully saturated rings. The standard InChI is InChI=1S/C44H33N5/c1-47-25-23-38(24-26-47)48-39-21-22-40(48)28-34-18-20-36(46-34)30-42-44(32-13-7-3-8-14-32)43(31-11-5-2-6-12-31)41(29-35-19-17-33(27-39)45-35)49(42)37-15-9-4-10-16-37/h2-25,27-30H,26H2,1H3. The number of allylic oxidation sites excluding steroid dienone is 2. The molecule has 3 aliphatic heterocycles. The van der Waals surface area contributed by atoms with Gasteiger partial charge in [0.05, 0.1) is 33.8 Å². The maximum atomic E-state index is 5.17. The van der Waals surface area contributed by atoms with E-state index in [2.05, 4.69) is 191 Å². The summed E-state index contributed by atoms with van der Waals surface area (Å²) in [4.78, 5) is 12.5. The van der Waals surface area contributed by atoms with Gasteiger partial charge in [0.1, 0.15) is 0 Å². The zero-order chi connectivity index (χ0) is 32.7. The van der Waals surface area contributed by atoms with Crippen LogP contribution in [0.25, 0.3) is 80.0 Å². The van der Waals surface area contributed by atoms with Gasteiger partial charge in [-0.3, -0.25) is 0 Å². The molecule has 0 aliphatic carbocycles. The highest BCUT2D eigenvalue weighted by Gasteiger charge is 2.21. The van der Waals surface area contributed by atoms with Crippen LogP contribution in [0.2, 0.25) is 0 Å². The van der Waals surface area contributed by atoms with Gasteiger partial charge in [-0.05, 0) is 96.1 Å². The fraction of sp³-hybridized carbons (Fsp3) is 0.0455. The Morgan fingerprint density at radius 3 is 1.43 bits per heavy atom. The lowest BCUT2D eigenvalue weighted by atomic mass is 9.96. The molecule has 0 amide bonds. The molecule has 6 heterocycles. The zero-order valence-electron chi connectivity index (χ0n) is 27.1. The van der Waals surface area contributed by atoms with Gasteiger partial charge in [0, 0.05) is 53.3 Å². The second-order valence-electron chi connectivity index (χ2n) is 12.5. The van der Waals surface area contributed by atoms with Crippen LogP contribution in [-0.4, -0.2) is 37.6 Å². The summed E-state index contributed by atoms with van der Waals surface area (Å²) in [6, 6.07) is 45.1. The quantitative estimate of drug-likeness (QED) is 0.194. The number of fused-ring (bicyclic) bond motifs is 8. The molecule has 3 aromatic heterocycles. The molecule has 9 rings (SSSR count). The lowest BCUT2D eigenvalue weighted by Gasteiger charge is -2.18. The van der Waals surface area contributed by atoms with E-state index in [1.54, 1.807) is 0 Å². The molecule has 0 atom stereocenters. The van der Waals surface area contributed by atoms with E-state index in [9.17, 15) is 0 Å². The Balaban J connectivity index is 1.46. The summed E-state index contributed by atoms with van der Waals surface area (Å²) in [5.74, 6) is 0. The summed E-state index contributed by atoms with van der Waals surface area (Å²) in [6.45, 7) is 0.847. The number of hydrogen-bond donors (Lipinski definition) is 0. The van der Waals surface area contributed by atoms with Crippen LogP contribution in [0, 0.1) is 0 Å². The van der Waals surface area contributed by atoms with Crippen LogP contribution >= 0.6 is 0 Å². The first kappa shape index (κ1) is 28.7. The van der Waals surface area contributed by atoms with Gasteiger partial charge in [-0.25, -0.2) is 9.97 Å². The van der Waals surface area contributed by atoms with Gasteiger partial charge in [0.2, 0.25) is 0 Å². The molecule has 6 aromatic rings. The molecule has 5 nitrogen and oxygen atoms in total. The smallest absolute Gasteiger partial charge is 0.0658 e. The number of nitrogens with zero attached hydrogens (tertiary/aromatic N) is 5. The second kappa shape index (κ2) is 12.0. The van der Waals surface area contributed by atoms with Crippen molar-refractivity contribution < 1.29 is 0 Å². The van der Waals surface area contributed by atoms with Crippen LogP contribution in [0.3, 0.4) is 0 Å². The number of rotatable bonds is 4. The summed E-state index contributed by atoms with van der Waals surface area (Å²) < 4.78 is 4.65. The van der Waals surface area contributed by atoms with Gasteiger partial charge in [0.15, 0.2) is 0 Å². The van der Waals surface area contributed by atoms with E-state index in [0.717, 1.165) is 85.0 Å². The van der Waals surface area contributed by atoms with Crippen molar-refractivity contribution in [2.45, 2.75) is 0 Å². The largest absolute Gasteiger partial charge is 0.377 e. The van der Waals surface area contributed by atoms with Crippen LogP contribution in [-0.2, 0) is 0 Å². The van der Waals surface area contributed by atoms with Gasteiger partial charge in [-0.15, -0.1) is 0 Å². The Labute approximate surface area is 285 Å². The van der Waals surface area contributed by atoms with Gasteiger partial charge < -0.3 is 14.0 Å². The molecule has 0 saturated carbocycles. The summed E-state index contributed by atoms with van der Waals surface area (Å²) in [5, 5.41) is 0. The van der Waals surface area contributed by atoms with Gasteiger partial charge in [-0.1, -0.05) is 78.9 Å². The Hall–Kier alpha value is -6.46. The van der Waals surface area contributed by atoms with Crippen molar-refractivity contribution in [3.8, 4) is 27.9 Å². The molecule has 234 valence electrons. The van der Waals surface area contributed by atoms with Crippen LogP contribution in [0.15, 0.2) is 146 Å². The Morgan fingerprint density at radius 2 is 0.959 bits per heavy atom. The van der Waals surface area contributed by atoms with Crippen LogP contribution < -0.4 is 0 Å². The van der Waals surface area contributed by atoms with Gasteiger partial charge in [-0.2, -0.15) is 0 Å². The van der Waals surface area contributed by atoms with Crippen molar-refractivity contribution in [1.82, 2.24) is 24.0 Å². The van der Waals surface area contributed by atoms with Crippen LogP contribution in [0.4, 0.5) is 0 Å². The van der Waals surface area contributed by atoms with Crippen molar-refractivity contribution in [1.29, 1.82) is 0 Å². The lowest BCUT2D eigenvalue weighted by Crippen LogP contribution is -2.14. The van der Waals surface area contributed by atoms with E-state index in [4.69, 9.17) is 9.97 Å². The molecule has 5 heteroatoms. The van der Waals surface area contributed by atoms with Crippen molar-refractivity contribution in [2.75, 3.05) is 13.6 Å². The number of para-hydroxylation sites is 1. The fourth-order valence-electron chi connectivity index (χ4n) is 6.95. The molecule has 49 heavy (non-hydrogen) atoms. The Kier molecular flexibility index (Phi) is 7.02. The average Bonchev–Trinajstić information content (AvgIpc) is 3.93. The maximum Gasteiger partial charge on any atom is 0.0658 e. The molecule has 0 saturated heterocycles. The summed E-state index contributed by atoms with van der Waals surface area (Å²) in [7, 11) is 2.09. The molecule has 0 N–H and O–H groups in total. The van der Waals surface area contributed by atoms with E-state index in [1.807, 2.05) is 0 Å². The minimum atomic E-state index is 0.847. The lowest BCUT2D eigenvalue weighted by molar-refractivity contribution is 0.505. The summed E-state index contributed by atoms with van der Waals surface area (Å²) >= 11 is 0. The van der Waals surface area contributed by atoms with E-state index in [0.29, 0.717) is 0 Å². The number of aromatic nitrogens is 4. The number of hydrogen-bond acceptors (Lipinski definition) is 3. The highest BCUT2D eigenvalue weighted by Crippen LogP contribution is 2.43. The molecular weight excluding hydrogens is 599 g/mol. The molecule has 8 bridgehead atoms. The molecule has 0 unspecified atom stereocenters. The predicted octanol–water partition coefficient (Wildman–Crippen LogP) is 10.2. The van der Waals surface area contributed by atoms with Crippen LogP contribution in [0.5, 0.6) is 0 Å². The Bertz CT molecular complexity index is 2380. The van der Waals surface area contributed by atoms with E-state index >= 15 is 0 Å². The van der Waals surface area contributed by atoms with Crippen molar-refractivity contribution in [2.24, 2.45) is 0 Å². The number of likely N-dealkylation sites (N-methyl/N-ethyl adjacent to an activating group) is 1. The van der Waals surface area contributed by atoms with Gasteiger partial charge in [0.25, 0.3) is 0 Å². The van der Waals surface area contributed by atoms with Crippen molar-refractivity contribution in [3.63, 3.8) is 0 Å². The van der Waals surface area contributed by atoms with Crippen molar-refractivity contribution in [3.05, 3.63) is 169 Å². The van der Waals surface area contributed by atoms with E-state index in [-0.39, 0.29) is 0 Å². The minimum absolute atomic E-state index is 0.847. The second-order valence-corrected chi connectivity index (χ2v) is 12.5. The highest BCUT2D eigenvalue weighted by molar-refractivity contribution is 6.05. The number of benzene rings is 3. The predicted molar refractivity (Wildman–Crippen MR) is 204 cm³/mol. The third-order valence-electron chi connectivity index (χ3n) is 9.20. The molecule has 3 aliphatic rings. The monoisotopic (exact) mass is 631 g/mol. The average molecular weight is 632 g/mol. The van der Waals surface area contributed by atoms with Gasteiger partial charge >= 0.3 is 0 Å². The minimum Gasteiger partial charge on any atom is -0.377 e. The Morgan fingerprint density at radius 1 is 0.490 bits per heavy atom. The molecule has 0 radical (unpaired) electrons. The molecule has 0 spiro atoms. The fourth-order valence-corrected chi connectivity index (χ4v) is 6.95. The normalized spacial score (nSPS) is 13.6. The summed E-state index contributed by atoms with van der Waals surface area (Å²) in [5.41, 5.74) is 14.6. The first-order valence-corrected chi connectivity index (χ1v) is 16.6. The molecular formula is C44H33N5. The molecule has 3 aromatic carbocycles. The highest BCUT2D eigenvalue weighted by atomic mass is 15.1. The zero-order valence-corrected chi connectivity index (χ0v) is 27.1. The maximum absolute atomic E-state index is 5.17. The SMILES string of the molecule is CN1C=CC(n2c3ccc2cc2nc(cc4c(-c5ccccc5)c(-c5ccccc5)c(cc5nc(c3)C=C5)n4-c3ccccc3)C=C2)=CC1. The first-order chi connectivity index (χ1) is 24.2. The third kappa shape index (κ3) is 5.31. The van der Waals surface area contributed by atoms with E-state index < -0.39 is 0 Å². The van der Waals surface area contributed by atoms with E-state index in [1.165, 1.54) is 0 Å². The topological polar surface area (TPSA) is 38.9 Å². The summed E-state index contributed by atoms with van der Waals surface area (Å²) in [6.07, 6.45) is 15.0. The van der Waals surface area contributed by atoms with Crippen LogP contribution in [0.1, 0.15) is 22.8 Å². The van der Waals surface area contributed by atoms with Crippen molar-refractivity contribution >= 4 is 52.1 Å².